The highest BCUT2D eigenvalue weighted by Crippen LogP contribution is 2.35. The molecule has 5 rings (SSSR count). The number of likely N-dealkylation sites (N-methyl/N-ethyl adjacent to an activating group) is 1. The van der Waals surface area contributed by atoms with E-state index in [0.29, 0.717) is 76.7 Å². The maximum Gasteiger partial charge on any atom is 0.390 e. The number of aromatic amines is 1. The molecule has 43 heavy (non-hydrogen) atoms. The molecule has 1 amide bonds. The van der Waals surface area contributed by atoms with Crippen molar-refractivity contribution in [3.63, 3.8) is 0 Å². The van der Waals surface area contributed by atoms with Crippen molar-refractivity contribution < 1.29 is 28.1 Å². The zero-order valence-electron chi connectivity index (χ0n) is 23.3. The lowest BCUT2D eigenvalue weighted by Gasteiger charge is -2.27. The lowest BCUT2D eigenvalue weighted by molar-refractivity contribution is -0.898. The molecular weight excluding hydrogens is 583 g/mol. The number of H-pyrrole nitrogens is 1. The molecule has 3 N–H and O–H groups in total. The van der Waals surface area contributed by atoms with E-state index in [-0.39, 0.29) is 16.9 Å². The topological polar surface area (TPSA) is 157 Å². The van der Waals surface area contributed by atoms with Gasteiger partial charge in [0.2, 0.25) is 12.2 Å². The standard InChI is InChI=1S/C28H28ClFN8O5/c1-38(2,13-24-28(37(40)41)34-16-32-24)8-3-4-26(39)36-23-11-19-22(12-25(23)43-18-7-9-42-14-18)31-15-33-27(19)35-17-5-6-21(30)20(29)10-17/h3-6,10-12,15-16,18H,7-9,13-14H2,1-2H3,(H2-,31,32,33,34,35,36,39)/p+1/b4-3+. The number of fused-ring (bicyclic) bond motifs is 1. The molecule has 1 unspecified atom stereocenters. The molecule has 0 bridgehead atoms. The molecule has 3 heterocycles. The predicted molar refractivity (Wildman–Crippen MR) is 158 cm³/mol. The van der Waals surface area contributed by atoms with E-state index in [1.807, 2.05) is 14.1 Å². The Hall–Kier alpha value is -4.66. The molecule has 1 aliphatic rings. The minimum absolute atomic E-state index is 0.0397. The quantitative estimate of drug-likeness (QED) is 0.0943. The van der Waals surface area contributed by atoms with Crippen molar-refractivity contribution in [1.29, 1.82) is 0 Å². The van der Waals surface area contributed by atoms with E-state index >= 15 is 0 Å². The molecule has 0 radical (unpaired) electrons. The third kappa shape index (κ3) is 7.41. The predicted octanol–water partition coefficient (Wildman–Crippen LogP) is 4.74. The van der Waals surface area contributed by atoms with Gasteiger partial charge >= 0.3 is 5.82 Å². The molecule has 1 saturated heterocycles. The zero-order valence-corrected chi connectivity index (χ0v) is 24.1. The van der Waals surface area contributed by atoms with Crippen molar-refractivity contribution in [3.8, 4) is 5.75 Å². The summed E-state index contributed by atoms with van der Waals surface area (Å²) in [6, 6.07) is 7.65. The van der Waals surface area contributed by atoms with Gasteiger partial charge in [0.05, 0.1) is 50.1 Å². The number of anilines is 3. The number of nitrogens with zero attached hydrogens (tertiary/aromatic N) is 5. The second-order valence-electron chi connectivity index (χ2n) is 10.6. The average Bonchev–Trinajstić information content (AvgIpc) is 3.63. The van der Waals surface area contributed by atoms with Crippen molar-refractivity contribution in [3.05, 3.63) is 81.8 Å². The molecular formula is C28H29ClFN8O5+. The summed E-state index contributed by atoms with van der Waals surface area (Å²) >= 11 is 5.95. The van der Waals surface area contributed by atoms with Gasteiger partial charge in [0.1, 0.15) is 36.4 Å². The number of ether oxygens (including phenoxy) is 2. The second-order valence-corrected chi connectivity index (χ2v) is 11.0. The first-order valence-electron chi connectivity index (χ1n) is 13.3. The van der Waals surface area contributed by atoms with Crippen LogP contribution < -0.4 is 15.4 Å². The van der Waals surface area contributed by atoms with Crippen LogP contribution in [-0.2, 0) is 16.1 Å². The summed E-state index contributed by atoms with van der Waals surface area (Å²) in [7, 11) is 3.77. The van der Waals surface area contributed by atoms with Crippen LogP contribution in [0, 0.1) is 15.9 Å². The van der Waals surface area contributed by atoms with Crippen molar-refractivity contribution in [2.24, 2.45) is 0 Å². The molecule has 0 spiro atoms. The summed E-state index contributed by atoms with van der Waals surface area (Å²) in [5.74, 6) is -0.329. The molecule has 15 heteroatoms. The minimum atomic E-state index is -0.541. The van der Waals surface area contributed by atoms with E-state index in [1.165, 1.54) is 36.9 Å². The van der Waals surface area contributed by atoms with Gasteiger partial charge in [-0.15, -0.1) is 0 Å². The first-order chi connectivity index (χ1) is 20.6. The maximum atomic E-state index is 13.7. The molecule has 2 aromatic carbocycles. The molecule has 4 aromatic rings. The van der Waals surface area contributed by atoms with Crippen LogP contribution in [0.5, 0.6) is 5.75 Å². The van der Waals surface area contributed by atoms with Gasteiger partial charge in [-0.3, -0.25) is 4.79 Å². The van der Waals surface area contributed by atoms with Crippen LogP contribution in [0.2, 0.25) is 5.02 Å². The Morgan fingerprint density at radius 3 is 2.88 bits per heavy atom. The van der Waals surface area contributed by atoms with Crippen molar-refractivity contribution >= 4 is 51.4 Å². The van der Waals surface area contributed by atoms with Crippen LogP contribution >= 0.6 is 11.6 Å². The number of carbonyl (C=O) groups excluding carboxylic acids is 1. The highest BCUT2D eigenvalue weighted by molar-refractivity contribution is 6.31. The number of hydrogen-bond acceptors (Lipinski definition) is 9. The van der Waals surface area contributed by atoms with Gasteiger partial charge in [-0.05, 0) is 40.2 Å². The first-order valence-corrected chi connectivity index (χ1v) is 13.7. The van der Waals surface area contributed by atoms with E-state index in [1.54, 1.807) is 18.2 Å². The third-order valence-corrected chi connectivity index (χ3v) is 6.97. The molecule has 1 aliphatic heterocycles. The molecule has 0 saturated carbocycles. The number of aromatic nitrogens is 4. The van der Waals surface area contributed by atoms with Crippen molar-refractivity contribution in [2.75, 3.05) is 44.5 Å². The average molecular weight is 612 g/mol. The number of hydrogen-bond donors (Lipinski definition) is 3. The zero-order chi connectivity index (χ0) is 30.6. The number of halogens is 2. The Morgan fingerprint density at radius 1 is 1.30 bits per heavy atom. The van der Waals surface area contributed by atoms with Gasteiger partial charge in [0.15, 0.2) is 5.69 Å². The summed E-state index contributed by atoms with van der Waals surface area (Å²) in [6.45, 7) is 1.72. The van der Waals surface area contributed by atoms with Crippen LogP contribution in [-0.4, -0.2) is 75.2 Å². The molecule has 224 valence electrons. The van der Waals surface area contributed by atoms with Gasteiger partial charge in [-0.1, -0.05) is 11.6 Å². The Morgan fingerprint density at radius 2 is 2.14 bits per heavy atom. The van der Waals surface area contributed by atoms with Crippen LogP contribution in [0.3, 0.4) is 0 Å². The number of amides is 1. The van der Waals surface area contributed by atoms with Gasteiger partial charge in [0.25, 0.3) is 0 Å². The molecule has 1 atom stereocenters. The largest absolute Gasteiger partial charge is 0.486 e. The fraction of sp³-hybridized carbons (Fsp3) is 0.286. The maximum absolute atomic E-state index is 13.7. The Labute approximate surface area is 250 Å². The number of quaternary nitrogens is 1. The van der Waals surface area contributed by atoms with Gasteiger partial charge < -0.3 is 39.7 Å². The Bertz CT molecular complexity index is 1690. The van der Waals surface area contributed by atoms with Crippen molar-refractivity contribution in [2.45, 2.75) is 19.1 Å². The molecule has 0 aliphatic carbocycles. The smallest absolute Gasteiger partial charge is 0.390 e. The number of nitro groups is 1. The van der Waals surface area contributed by atoms with Gasteiger partial charge in [-0.2, -0.15) is 0 Å². The Balaban J connectivity index is 1.36. The SMILES string of the molecule is C[N+](C)(C/C=C/C(=O)Nc1cc2c(Nc3ccc(F)c(Cl)c3)ncnc2cc1OC1CCOC1)Cc1[nH]cnc1[N+](=O)[O-]. The highest BCUT2D eigenvalue weighted by atomic mass is 35.5. The number of nitrogens with one attached hydrogen (secondary N) is 3. The summed E-state index contributed by atoms with van der Waals surface area (Å²) in [5, 5.41) is 17.8. The molecule has 1 fully saturated rings. The van der Waals surface area contributed by atoms with E-state index in [2.05, 4.69) is 30.6 Å². The Kier molecular flexibility index (Phi) is 8.80. The minimum Gasteiger partial charge on any atom is -0.486 e. The van der Waals surface area contributed by atoms with Crippen LogP contribution in [0.1, 0.15) is 12.1 Å². The van der Waals surface area contributed by atoms with Crippen LogP contribution in [0.15, 0.2) is 55.1 Å². The van der Waals surface area contributed by atoms with E-state index in [9.17, 15) is 19.3 Å². The fourth-order valence-electron chi connectivity index (χ4n) is 4.57. The normalized spacial score (nSPS) is 15.2. The second kappa shape index (κ2) is 12.7. The van der Waals surface area contributed by atoms with Gasteiger partial charge in [-0.25, -0.2) is 14.4 Å². The monoisotopic (exact) mass is 611 g/mol. The van der Waals surface area contributed by atoms with E-state index in [4.69, 9.17) is 21.1 Å². The van der Waals surface area contributed by atoms with Crippen molar-refractivity contribution in [1.82, 2.24) is 19.9 Å². The van der Waals surface area contributed by atoms with Gasteiger partial charge in [0, 0.05) is 29.6 Å². The lowest BCUT2D eigenvalue weighted by atomic mass is 10.1. The number of carbonyl (C=O) groups is 1. The fourth-order valence-corrected chi connectivity index (χ4v) is 4.75. The molecule has 13 nitrogen and oxygen atoms in total. The van der Waals surface area contributed by atoms with E-state index < -0.39 is 16.6 Å². The number of benzene rings is 2. The summed E-state index contributed by atoms with van der Waals surface area (Å²) in [6.07, 6.45) is 6.28. The third-order valence-electron chi connectivity index (χ3n) is 6.68. The van der Waals surface area contributed by atoms with Crippen LogP contribution in [0.4, 0.5) is 27.4 Å². The molecule has 2 aromatic heterocycles. The highest BCUT2D eigenvalue weighted by Gasteiger charge is 2.25. The summed E-state index contributed by atoms with van der Waals surface area (Å²) in [5.41, 5.74) is 1.87. The van der Waals surface area contributed by atoms with E-state index in [0.717, 1.165) is 0 Å². The number of imidazole rings is 1. The van der Waals surface area contributed by atoms with Crippen LogP contribution in [0.25, 0.3) is 10.9 Å². The summed E-state index contributed by atoms with van der Waals surface area (Å²) in [4.78, 5) is 39.0. The lowest BCUT2D eigenvalue weighted by Crippen LogP contribution is -2.39. The number of rotatable bonds is 11. The summed E-state index contributed by atoms with van der Waals surface area (Å²) < 4.78 is 25.6. The first kappa shape index (κ1) is 29.8.